The van der Waals surface area contributed by atoms with Gasteiger partial charge in [-0.05, 0) is 24.5 Å². The molecule has 26 heavy (non-hydrogen) atoms. The number of hydrogen-bond acceptors (Lipinski definition) is 6. The van der Waals surface area contributed by atoms with E-state index in [-0.39, 0.29) is 23.5 Å². The number of para-hydroxylation sites is 1. The van der Waals surface area contributed by atoms with E-state index in [0.717, 1.165) is 12.1 Å². The van der Waals surface area contributed by atoms with Gasteiger partial charge < -0.3 is 9.80 Å². The molecule has 0 radical (unpaired) electrons. The highest BCUT2D eigenvalue weighted by Gasteiger charge is 2.32. The first kappa shape index (κ1) is 17.0. The van der Waals surface area contributed by atoms with Gasteiger partial charge in [-0.1, -0.05) is 18.2 Å². The molecule has 1 aromatic heterocycles. The second-order valence-corrected chi connectivity index (χ2v) is 9.00. The number of nitrogens with zero attached hydrogens (tertiary/aromatic N) is 4. The maximum atomic E-state index is 12.8. The van der Waals surface area contributed by atoms with Crippen LogP contribution in [-0.2, 0) is 16.3 Å². The molecule has 7 nitrogen and oxygen atoms in total. The van der Waals surface area contributed by atoms with Gasteiger partial charge in [0, 0.05) is 37.7 Å². The zero-order chi connectivity index (χ0) is 18.3. The second-order valence-electron chi connectivity index (χ2n) is 6.78. The van der Waals surface area contributed by atoms with Crippen LogP contribution < -0.4 is 9.80 Å². The summed E-state index contributed by atoms with van der Waals surface area (Å²) in [7, 11) is -1.18. The number of hydrogen-bond donors (Lipinski definition) is 0. The lowest BCUT2D eigenvalue weighted by Crippen LogP contribution is -2.34. The zero-order valence-corrected chi connectivity index (χ0v) is 15.3. The Morgan fingerprint density at radius 3 is 2.65 bits per heavy atom. The van der Waals surface area contributed by atoms with Crippen LogP contribution in [0.5, 0.6) is 0 Å². The molecule has 0 bridgehead atoms. The number of carbonyl (C=O) groups excluding carboxylic acids is 1. The van der Waals surface area contributed by atoms with Crippen molar-refractivity contribution < 1.29 is 13.2 Å². The Kier molecular flexibility index (Phi) is 4.14. The predicted octanol–water partition coefficient (Wildman–Crippen LogP) is 1.30. The number of rotatable bonds is 3. The van der Waals surface area contributed by atoms with Gasteiger partial charge in [0.15, 0.2) is 9.84 Å². The van der Waals surface area contributed by atoms with Crippen molar-refractivity contribution in [2.45, 2.75) is 18.9 Å². The van der Waals surface area contributed by atoms with Crippen molar-refractivity contribution in [1.82, 2.24) is 9.97 Å². The Labute approximate surface area is 152 Å². The molecule has 136 valence electrons. The van der Waals surface area contributed by atoms with E-state index in [1.165, 1.54) is 18.0 Å². The van der Waals surface area contributed by atoms with Gasteiger partial charge in [0.1, 0.15) is 0 Å². The van der Waals surface area contributed by atoms with E-state index < -0.39 is 9.84 Å². The molecule has 0 spiro atoms. The average molecular weight is 372 g/mol. The van der Waals surface area contributed by atoms with Crippen LogP contribution in [0.4, 0.5) is 11.6 Å². The molecular weight excluding hydrogens is 352 g/mol. The lowest BCUT2D eigenvalue weighted by Gasteiger charge is -2.23. The maximum Gasteiger partial charge on any atom is 0.261 e. The quantitative estimate of drug-likeness (QED) is 0.808. The third kappa shape index (κ3) is 3.05. The number of aromatic nitrogens is 2. The number of sulfone groups is 1. The lowest BCUT2D eigenvalue weighted by molar-refractivity contribution is 0.0988. The van der Waals surface area contributed by atoms with E-state index in [9.17, 15) is 13.2 Å². The van der Waals surface area contributed by atoms with Crippen molar-refractivity contribution >= 4 is 27.4 Å². The van der Waals surface area contributed by atoms with Crippen LogP contribution in [0.2, 0.25) is 0 Å². The second kappa shape index (κ2) is 6.35. The van der Waals surface area contributed by atoms with Crippen molar-refractivity contribution in [1.29, 1.82) is 0 Å². The molecule has 1 aromatic carbocycles. The highest BCUT2D eigenvalue weighted by Crippen LogP contribution is 2.28. The van der Waals surface area contributed by atoms with E-state index >= 15 is 0 Å². The first-order valence-electron chi connectivity index (χ1n) is 8.60. The molecule has 2 aliphatic heterocycles. The molecule has 1 unspecified atom stereocenters. The topological polar surface area (TPSA) is 83.5 Å². The van der Waals surface area contributed by atoms with Crippen molar-refractivity contribution in [2.75, 3.05) is 34.9 Å². The third-order valence-corrected chi connectivity index (χ3v) is 6.84. The van der Waals surface area contributed by atoms with E-state index in [2.05, 4.69) is 9.97 Å². The van der Waals surface area contributed by atoms with Crippen LogP contribution in [0.3, 0.4) is 0 Å². The molecule has 8 heteroatoms. The summed E-state index contributed by atoms with van der Waals surface area (Å²) in [5, 5.41) is 0. The van der Waals surface area contributed by atoms with Crippen LogP contribution >= 0.6 is 0 Å². The Bertz CT molecular complexity index is 943. The Morgan fingerprint density at radius 2 is 1.96 bits per heavy atom. The van der Waals surface area contributed by atoms with Gasteiger partial charge in [0.05, 0.1) is 17.1 Å². The summed E-state index contributed by atoms with van der Waals surface area (Å²) < 4.78 is 23.3. The van der Waals surface area contributed by atoms with Crippen LogP contribution in [0.1, 0.15) is 22.3 Å². The lowest BCUT2D eigenvalue weighted by atomic mass is 10.2. The number of anilines is 2. The summed E-state index contributed by atoms with van der Waals surface area (Å²) in [4.78, 5) is 24.9. The van der Waals surface area contributed by atoms with E-state index in [4.69, 9.17) is 0 Å². The summed E-state index contributed by atoms with van der Waals surface area (Å²) >= 11 is 0. The fourth-order valence-electron chi connectivity index (χ4n) is 3.56. The smallest absolute Gasteiger partial charge is 0.261 e. The average Bonchev–Trinajstić information content (AvgIpc) is 3.24. The number of fused-ring (bicyclic) bond motifs is 1. The minimum absolute atomic E-state index is 0.118. The van der Waals surface area contributed by atoms with Crippen molar-refractivity contribution in [3.8, 4) is 0 Å². The summed E-state index contributed by atoms with van der Waals surface area (Å²) in [6, 6.07) is 7.77. The normalized spacial score (nSPS) is 20.8. The molecule has 4 rings (SSSR count). The van der Waals surface area contributed by atoms with Crippen LogP contribution in [0, 0.1) is 0 Å². The monoisotopic (exact) mass is 372 g/mol. The van der Waals surface area contributed by atoms with E-state index in [0.29, 0.717) is 24.5 Å². The highest BCUT2D eigenvalue weighted by molar-refractivity contribution is 7.91. The molecule has 1 saturated heterocycles. The molecular formula is C18H20N4O3S. The Morgan fingerprint density at radius 1 is 1.23 bits per heavy atom. The summed E-state index contributed by atoms with van der Waals surface area (Å²) in [5.41, 5.74) is 2.54. The van der Waals surface area contributed by atoms with Gasteiger partial charge in [-0.3, -0.25) is 4.79 Å². The van der Waals surface area contributed by atoms with Crippen molar-refractivity contribution in [3.05, 3.63) is 47.8 Å². The van der Waals surface area contributed by atoms with Gasteiger partial charge in [-0.2, -0.15) is 0 Å². The fraction of sp³-hybridized carbons (Fsp3) is 0.389. The van der Waals surface area contributed by atoms with Gasteiger partial charge >= 0.3 is 0 Å². The predicted molar refractivity (Wildman–Crippen MR) is 99.3 cm³/mol. The highest BCUT2D eigenvalue weighted by atomic mass is 32.2. The molecule has 3 heterocycles. The van der Waals surface area contributed by atoms with Crippen LogP contribution in [-0.4, -0.2) is 55.4 Å². The SMILES string of the molecule is CN(c1ncc(C(=O)N2CCc3ccccc32)cn1)C1CCS(=O)(=O)C1. The third-order valence-electron chi connectivity index (χ3n) is 5.09. The molecule has 2 aromatic rings. The maximum absolute atomic E-state index is 12.8. The standard InChI is InChI=1S/C18H20N4O3S/c1-21(15-7-9-26(24,25)12-15)18-19-10-14(11-20-18)17(23)22-8-6-13-4-2-3-5-16(13)22/h2-5,10-11,15H,6-9,12H2,1H3. The van der Waals surface area contributed by atoms with Crippen molar-refractivity contribution in [3.63, 3.8) is 0 Å². The van der Waals surface area contributed by atoms with Crippen molar-refractivity contribution in [2.24, 2.45) is 0 Å². The van der Waals surface area contributed by atoms with E-state index in [1.54, 1.807) is 16.8 Å². The molecule has 1 fully saturated rings. The molecule has 0 N–H and O–H groups in total. The minimum Gasteiger partial charge on any atom is -0.340 e. The molecule has 0 aliphatic carbocycles. The van der Waals surface area contributed by atoms with Gasteiger partial charge in [0.25, 0.3) is 5.91 Å². The largest absolute Gasteiger partial charge is 0.340 e. The molecule has 1 atom stereocenters. The van der Waals surface area contributed by atoms with E-state index in [1.807, 2.05) is 24.3 Å². The first-order chi connectivity index (χ1) is 12.4. The van der Waals surface area contributed by atoms with Gasteiger partial charge in [-0.25, -0.2) is 18.4 Å². The van der Waals surface area contributed by atoms with Gasteiger partial charge in [0.2, 0.25) is 5.95 Å². The number of benzene rings is 1. The summed E-state index contributed by atoms with van der Waals surface area (Å²) in [5.74, 6) is 0.642. The Hall–Kier alpha value is -2.48. The minimum atomic E-state index is -2.97. The molecule has 0 saturated carbocycles. The fourth-order valence-corrected chi connectivity index (χ4v) is 5.34. The zero-order valence-electron chi connectivity index (χ0n) is 14.5. The first-order valence-corrected chi connectivity index (χ1v) is 10.4. The number of carbonyl (C=O) groups is 1. The Balaban J connectivity index is 1.51. The molecule has 1 amide bonds. The van der Waals surface area contributed by atoms with Crippen LogP contribution in [0.25, 0.3) is 0 Å². The summed E-state index contributed by atoms with van der Waals surface area (Å²) in [6.45, 7) is 0.653. The van der Waals surface area contributed by atoms with Crippen LogP contribution in [0.15, 0.2) is 36.7 Å². The number of amides is 1. The summed E-state index contributed by atoms with van der Waals surface area (Å²) in [6.07, 6.45) is 4.46. The molecule has 2 aliphatic rings. The van der Waals surface area contributed by atoms with Gasteiger partial charge in [-0.15, -0.1) is 0 Å².